The molecule has 3 rings (SSSR count). The predicted octanol–water partition coefficient (Wildman–Crippen LogP) is 3.51. The maximum Gasteiger partial charge on any atom is 0.218 e. The van der Waals surface area contributed by atoms with E-state index >= 15 is 0 Å². The number of fused-ring (bicyclic) bond motifs is 1. The molecule has 0 bridgehead atoms. The van der Waals surface area contributed by atoms with Crippen molar-refractivity contribution in [1.82, 2.24) is 4.98 Å². The molecule has 0 amide bonds. The molecule has 0 saturated carbocycles. The van der Waals surface area contributed by atoms with Crippen LogP contribution in [-0.2, 0) is 19.4 Å². The molecule has 0 unspecified atom stereocenters. The Morgan fingerprint density at radius 2 is 2.08 bits per heavy atom. The highest BCUT2D eigenvalue weighted by molar-refractivity contribution is 14.0. The van der Waals surface area contributed by atoms with Crippen molar-refractivity contribution in [3.8, 4) is 5.88 Å². The van der Waals surface area contributed by atoms with E-state index in [0.29, 0.717) is 18.4 Å². The summed E-state index contributed by atoms with van der Waals surface area (Å²) in [7, 11) is 1.60. The van der Waals surface area contributed by atoms with Gasteiger partial charge in [0.1, 0.15) is 0 Å². The first-order valence-corrected chi connectivity index (χ1v) is 7.93. The summed E-state index contributed by atoms with van der Waals surface area (Å²) in [6.07, 6.45) is 6.44. The molecular formula is C18H23IN4O. The summed E-state index contributed by atoms with van der Waals surface area (Å²) in [6.45, 7) is 0.435. The Kier molecular flexibility index (Phi) is 6.84. The molecule has 0 fully saturated rings. The number of halogens is 1. The number of pyridine rings is 1. The van der Waals surface area contributed by atoms with E-state index in [1.165, 1.54) is 24.0 Å². The fourth-order valence-corrected chi connectivity index (χ4v) is 2.97. The van der Waals surface area contributed by atoms with Crippen molar-refractivity contribution in [2.24, 2.45) is 10.7 Å². The molecule has 1 aliphatic carbocycles. The second-order valence-corrected chi connectivity index (χ2v) is 5.65. The van der Waals surface area contributed by atoms with E-state index in [4.69, 9.17) is 10.5 Å². The number of methoxy groups -OCH3 is 1. The molecule has 0 radical (unpaired) electrons. The molecule has 3 N–H and O–H groups in total. The number of nitrogens with one attached hydrogen (secondary N) is 1. The van der Waals surface area contributed by atoms with Crippen LogP contribution >= 0.6 is 24.0 Å². The van der Waals surface area contributed by atoms with Gasteiger partial charge < -0.3 is 15.8 Å². The smallest absolute Gasteiger partial charge is 0.218 e. The molecule has 6 heteroatoms. The minimum atomic E-state index is 0. The zero-order chi connectivity index (χ0) is 16.1. The van der Waals surface area contributed by atoms with E-state index in [-0.39, 0.29) is 24.0 Å². The quantitative estimate of drug-likeness (QED) is 0.436. The third kappa shape index (κ3) is 4.37. The van der Waals surface area contributed by atoms with Crippen LogP contribution in [0.4, 0.5) is 5.69 Å². The SMILES string of the molecule is COc1ncccc1CN=C(N)Nc1cccc2c1CCCC2.I. The summed E-state index contributed by atoms with van der Waals surface area (Å²) in [5, 5.41) is 3.24. The molecular weight excluding hydrogens is 415 g/mol. The monoisotopic (exact) mass is 438 g/mol. The van der Waals surface area contributed by atoms with E-state index < -0.39 is 0 Å². The Morgan fingerprint density at radius 3 is 2.92 bits per heavy atom. The van der Waals surface area contributed by atoms with E-state index in [1.54, 1.807) is 13.3 Å². The van der Waals surface area contributed by atoms with Gasteiger partial charge in [-0.15, -0.1) is 24.0 Å². The molecule has 0 atom stereocenters. The number of aliphatic imine (C=N–C) groups is 1. The summed E-state index contributed by atoms with van der Waals surface area (Å²) < 4.78 is 5.23. The maximum atomic E-state index is 6.06. The Bertz CT molecular complexity index is 718. The first kappa shape index (κ1) is 18.5. The number of nitrogens with zero attached hydrogens (tertiary/aromatic N) is 2. The van der Waals surface area contributed by atoms with Crippen LogP contribution < -0.4 is 15.8 Å². The topological polar surface area (TPSA) is 72.5 Å². The molecule has 1 aliphatic rings. The van der Waals surface area contributed by atoms with Gasteiger partial charge in [0.15, 0.2) is 5.96 Å². The maximum absolute atomic E-state index is 6.06. The van der Waals surface area contributed by atoms with Crippen molar-refractivity contribution in [3.63, 3.8) is 0 Å². The van der Waals surface area contributed by atoms with E-state index in [2.05, 4.69) is 33.5 Å². The minimum Gasteiger partial charge on any atom is -0.481 e. The lowest BCUT2D eigenvalue weighted by Crippen LogP contribution is -2.24. The number of hydrogen-bond donors (Lipinski definition) is 2. The van der Waals surface area contributed by atoms with Crippen LogP contribution in [0.1, 0.15) is 29.5 Å². The average Bonchev–Trinajstić information content (AvgIpc) is 2.60. The standard InChI is InChI=1S/C18H22N4O.HI/c1-23-17-14(8-5-11-20-17)12-21-18(19)22-16-10-4-7-13-6-2-3-9-15(13)16;/h4-5,7-8,10-11H,2-3,6,9,12H2,1H3,(H3,19,21,22);1H. The van der Waals surface area contributed by atoms with Crippen molar-refractivity contribution in [2.75, 3.05) is 12.4 Å². The van der Waals surface area contributed by atoms with Gasteiger partial charge in [-0.3, -0.25) is 0 Å². The van der Waals surface area contributed by atoms with Gasteiger partial charge in [0, 0.05) is 17.4 Å². The molecule has 0 saturated heterocycles. The third-order valence-electron chi connectivity index (χ3n) is 4.12. The second kappa shape index (κ2) is 8.86. The first-order valence-electron chi connectivity index (χ1n) is 7.93. The van der Waals surface area contributed by atoms with E-state index in [9.17, 15) is 0 Å². The van der Waals surface area contributed by atoms with E-state index in [0.717, 1.165) is 24.1 Å². The molecule has 2 aromatic rings. The van der Waals surface area contributed by atoms with Crippen LogP contribution in [0.25, 0.3) is 0 Å². The largest absolute Gasteiger partial charge is 0.481 e. The van der Waals surface area contributed by atoms with Crippen molar-refractivity contribution < 1.29 is 4.74 Å². The molecule has 0 spiro atoms. The molecule has 5 nitrogen and oxygen atoms in total. The Morgan fingerprint density at radius 1 is 1.25 bits per heavy atom. The molecule has 24 heavy (non-hydrogen) atoms. The van der Waals surface area contributed by atoms with Gasteiger partial charge in [0.25, 0.3) is 0 Å². The Balaban J connectivity index is 0.00000208. The van der Waals surface area contributed by atoms with Gasteiger partial charge in [0.05, 0.1) is 13.7 Å². The lowest BCUT2D eigenvalue weighted by atomic mass is 9.90. The van der Waals surface area contributed by atoms with Crippen LogP contribution in [-0.4, -0.2) is 18.1 Å². The number of rotatable bonds is 4. The fraction of sp³-hybridized carbons (Fsp3) is 0.333. The highest BCUT2D eigenvalue weighted by atomic mass is 127. The number of hydrogen-bond acceptors (Lipinski definition) is 3. The lowest BCUT2D eigenvalue weighted by molar-refractivity contribution is 0.392. The third-order valence-corrected chi connectivity index (χ3v) is 4.12. The molecule has 128 valence electrons. The molecule has 0 aliphatic heterocycles. The highest BCUT2D eigenvalue weighted by Crippen LogP contribution is 2.27. The minimum absolute atomic E-state index is 0. The lowest BCUT2D eigenvalue weighted by Gasteiger charge is -2.19. The van der Waals surface area contributed by atoms with Crippen LogP contribution in [0.5, 0.6) is 5.88 Å². The number of anilines is 1. The highest BCUT2D eigenvalue weighted by Gasteiger charge is 2.13. The number of aryl methyl sites for hydroxylation is 1. The predicted molar refractivity (Wildman–Crippen MR) is 108 cm³/mol. The normalized spacial score (nSPS) is 13.6. The Labute approximate surface area is 159 Å². The Hall–Kier alpha value is -1.83. The zero-order valence-corrected chi connectivity index (χ0v) is 16.1. The number of ether oxygens (including phenoxy) is 1. The van der Waals surface area contributed by atoms with Gasteiger partial charge in [-0.1, -0.05) is 18.2 Å². The summed E-state index contributed by atoms with van der Waals surface area (Å²) in [5.74, 6) is 0.996. The van der Waals surface area contributed by atoms with E-state index in [1.807, 2.05) is 12.1 Å². The number of aromatic nitrogens is 1. The van der Waals surface area contributed by atoms with Gasteiger partial charge in [-0.05, 0) is 48.9 Å². The van der Waals surface area contributed by atoms with Crippen LogP contribution in [0, 0.1) is 0 Å². The fourth-order valence-electron chi connectivity index (χ4n) is 2.97. The van der Waals surface area contributed by atoms with Crippen molar-refractivity contribution in [1.29, 1.82) is 0 Å². The second-order valence-electron chi connectivity index (χ2n) is 5.65. The van der Waals surface area contributed by atoms with Crippen LogP contribution in [0.3, 0.4) is 0 Å². The van der Waals surface area contributed by atoms with Crippen LogP contribution in [0.15, 0.2) is 41.5 Å². The average molecular weight is 438 g/mol. The number of guanidine groups is 1. The zero-order valence-electron chi connectivity index (χ0n) is 13.8. The van der Waals surface area contributed by atoms with Crippen molar-refractivity contribution >= 4 is 35.6 Å². The first-order chi connectivity index (χ1) is 11.3. The van der Waals surface area contributed by atoms with Gasteiger partial charge in [0.2, 0.25) is 5.88 Å². The van der Waals surface area contributed by atoms with Crippen molar-refractivity contribution in [3.05, 3.63) is 53.2 Å². The molecule has 1 heterocycles. The number of nitrogens with two attached hydrogens (primary N) is 1. The molecule has 1 aromatic heterocycles. The van der Waals surface area contributed by atoms with Gasteiger partial charge in [-0.25, -0.2) is 9.98 Å². The summed E-state index contributed by atoms with van der Waals surface area (Å²) in [4.78, 5) is 8.57. The van der Waals surface area contributed by atoms with Crippen LogP contribution in [0.2, 0.25) is 0 Å². The molecule has 1 aromatic carbocycles. The summed E-state index contributed by atoms with van der Waals surface area (Å²) in [5.41, 5.74) is 10.8. The summed E-state index contributed by atoms with van der Waals surface area (Å²) >= 11 is 0. The van der Waals surface area contributed by atoms with Gasteiger partial charge in [-0.2, -0.15) is 0 Å². The van der Waals surface area contributed by atoms with Gasteiger partial charge >= 0.3 is 0 Å². The summed E-state index contributed by atoms with van der Waals surface area (Å²) in [6, 6.07) is 10.1. The number of benzene rings is 1. The van der Waals surface area contributed by atoms with Crippen molar-refractivity contribution in [2.45, 2.75) is 32.2 Å².